The molecule has 2 aromatic carbocycles. The second-order valence-electron chi connectivity index (χ2n) is 6.57. The molecule has 0 aliphatic heterocycles. The van der Waals surface area contributed by atoms with Gasteiger partial charge in [0, 0.05) is 22.9 Å². The summed E-state index contributed by atoms with van der Waals surface area (Å²) >= 11 is 0. The first kappa shape index (κ1) is 16.1. The van der Waals surface area contributed by atoms with Crippen molar-refractivity contribution in [3.63, 3.8) is 0 Å². The highest BCUT2D eigenvalue weighted by Gasteiger charge is 2.39. The van der Waals surface area contributed by atoms with Crippen LogP contribution in [0.4, 0.5) is 11.4 Å². The number of amides is 2. The molecular weight excluding hydrogens is 334 g/mol. The van der Waals surface area contributed by atoms with Crippen LogP contribution in [0.1, 0.15) is 23.7 Å². The van der Waals surface area contributed by atoms with E-state index in [-0.39, 0.29) is 17.7 Å². The molecule has 1 aliphatic carbocycles. The predicted octanol–water partition coefficient (Wildman–Crippen LogP) is 2.97. The van der Waals surface area contributed by atoms with Gasteiger partial charge in [0.1, 0.15) is 0 Å². The van der Waals surface area contributed by atoms with Gasteiger partial charge in [-0.1, -0.05) is 13.0 Å². The number of aromatic amines is 1. The van der Waals surface area contributed by atoms with Crippen molar-refractivity contribution >= 4 is 34.3 Å². The van der Waals surface area contributed by atoms with Crippen LogP contribution in [0.5, 0.6) is 0 Å². The van der Waals surface area contributed by atoms with E-state index in [9.17, 15) is 14.4 Å². The van der Waals surface area contributed by atoms with Crippen molar-refractivity contribution in [1.29, 1.82) is 0 Å². The van der Waals surface area contributed by atoms with Crippen molar-refractivity contribution in [3.05, 3.63) is 58.6 Å². The van der Waals surface area contributed by atoms with Crippen LogP contribution in [-0.2, 0) is 4.79 Å². The van der Waals surface area contributed by atoms with Crippen LogP contribution in [0.2, 0.25) is 0 Å². The van der Waals surface area contributed by atoms with Gasteiger partial charge in [0.2, 0.25) is 5.91 Å². The molecule has 0 spiro atoms. The van der Waals surface area contributed by atoms with Crippen molar-refractivity contribution in [1.82, 2.24) is 4.98 Å². The summed E-state index contributed by atoms with van der Waals surface area (Å²) < 4.78 is 4.93. The fourth-order valence-corrected chi connectivity index (χ4v) is 2.89. The number of H-pyrrole nitrogens is 1. The van der Waals surface area contributed by atoms with Crippen LogP contribution in [-0.4, -0.2) is 16.8 Å². The number of hydrogen-bond donors (Lipinski definition) is 3. The maximum atomic E-state index is 12.5. The number of oxazole rings is 1. The van der Waals surface area contributed by atoms with E-state index >= 15 is 0 Å². The first-order valence-corrected chi connectivity index (χ1v) is 8.35. The second-order valence-corrected chi connectivity index (χ2v) is 6.57. The number of rotatable bonds is 4. The van der Waals surface area contributed by atoms with Crippen molar-refractivity contribution in [2.45, 2.75) is 13.3 Å². The number of fused-ring (bicyclic) bond motifs is 1. The fraction of sp³-hybridized carbons (Fsp3) is 0.211. The van der Waals surface area contributed by atoms with Gasteiger partial charge < -0.3 is 15.1 Å². The highest BCUT2D eigenvalue weighted by Crippen LogP contribution is 2.38. The SMILES string of the molecule is C[C@@H]1C[C@H]1C(=O)Nc1cccc(C(=O)Nc2ccc3oc(=O)[nH]c3c2)c1. The Hall–Kier alpha value is -3.35. The molecule has 1 fully saturated rings. The van der Waals surface area contributed by atoms with Gasteiger partial charge in [0.15, 0.2) is 5.58 Å². The molecule has 1 saturated carbocycles. The summed E-state index contributed by atoms with van der Waals surface area (Å²) in [7, 11) is 0. The molecule has 1 heterocycles. The van der Waals surface area contributed by atoms with Gasteiger partial charge in [0.25, 0.3) is 5.91 Å². The van der Waals surface area contributed by atoms with Gasteiger partial charge in [0.05, 0.1) is 5.52 Å². The van der Waals surface area contributed by atoms with E-state index in [0.717, 1.165) is 6.42 Å². The second kappa shape index (κ2) is 6.18. The molecule has 26 heavy (non-hydrogen) atoms. The molecule has 0 saturated heterocycles. The maximum Gasteiger partial charge on any atom is 0.417 e. The third kappa shape index (κ3) is 3.23. The summed E-state index contributed by atoms with van der Waals surface area (Å²) in [5.41, 5.74) is 2.48. The van der Waals surface area contributed by atoms with Crippen molar-refractivity contribution in [2.24, 2.45) is 11.8 Å². The Labute approximate surface area is 148 Å². The number of benzene rings is 2. The van der Waals surface area contributed by atoms with Gasteiger partial charge in [-0.15, -0.1) is 0 Å². The lowest BCUT2D eigenvalue weighted by Crippen LogP contribution is -2.16. The average Bonchev–Trinajstić information content (AvgIpc) is 3.22. The van der Waals surface area contributed by atoms with Crippen LogP contribution < -0.4 is 16.4 Å². The van der Waals surface area contributed by atoms with E-state index in [1.54, 1.807) is 42.5 Å². The summed E-state index contributed by atoms with van der Waals surface area (Å²) in [4.78, 5) is 38.2. The number of carbonyl (C=O) groups is 2. The van der Waals surface area contributed by atoms with Crippen molar-refractivity contribution in [3.8, 4) is 0 Å². The van der Waals surface area contributed by atoms with Crippen LogP contribution in [0.15, 0.2) is 51.7 Å². The number of hydrogen-bond acceptors (Lipinski definition) is 4. The Morgan fingerprint density at radius 3 is 2.65 bits per heavy atom. The van der Waals surface area contributed by atoms with Gasteiger partial charge in [-0.3, -0.25) is 14.6 Å². The van der Waals surface area contributed by atoms with E-state index in [0.29, 0.717) is 34.0 Å². The van der Waals surface area contributed by atoms with E-state index in [1.807, 2.05) is 6.92 Å². The normalized spacial score (nSPS) is 18.5. The largest absolute Gasteiger partial charge is 0.417 e. The quantitative estimate of drug-likeness (QED) is 0.672. The lowest BCUT2D eigenvalue weighted by atomic mass is 10.1. The lowest BCUT2D eigenvalue weighted by molar-refractivity contribution is -0.117. The van der Waals surface area contributed by atoms with Crippen molar-refractivity contribution < 1.29 is 14.0 Å². The number of carbonyl (C=O) groups excluding carboxylic acids is 2. The Balaban J connectivity index is 1.49. The average molecular weight is 351 g/mol. The monoisotopic (exact) mass is 351 g/mol. The lowest BCUT2D eigenvalue weighted by Gasteiger charge is -2.08. The third-order valence-corrected chi connectivity index (χ3v) is 4.52. The molecule has 1 aromatic heterocycles. The summed E-state index contributed by atoms with van der Waals surface area (Å²) in [6.45, 7) is 2.04. The van der Waals surface area contributed by atoms with E-state index in [1.165, 1.54) is 0 Å². The fourth-order valence-electron chi connectivity index (χ4n) is 2.89. The summed E-state index contributed by atoms with van der Waals surface area (Å²) in [6, 6.07) is 11.7. The predicted molar refractivity (Wildman–Crippen MR) is 97.1 cm³/mol. The maximum absolute atomic E-state index is 12.5. The summed E-state index contributed by atoms with van der Waals surface area (Å²) in [5.74, 6) is -0.380. The third-order valence-electron chi connectivity index (χ3n) is 4.52. The molecular formula is C19H17N3O4. The van der Waals surface area contributed by atoms with Crippen molar-refractivity contribution in [2.75, 3.05) is 10.6 Å². The highest BCUT2D eigenvalue weighted by molar-refractivity contribution is 6.06. The molecule has 0 radical (unpaired) electrons. The number of anilines is 2. The minimum Gasteiger partial charge on any atom is -0.408 e. The van der Waals surface area contributed by atoms with Gasteiger partial charge in [-0.2, -0.15) is 0 Å². The van der Waals surface area contributed by atoms with Crippen LogP contribution in [0, 0.1) is 11.8 Å². The molecule has 132 valence electrons. The zero-order valence-corrected chi connectivity index (χ0v) is 14.0. The van der Waals surface area contributed by atoms with Gasteiger partial charge in [-0.25, -0.2) is 4.79 Å². The minimum absolute atomic E-state index is 0.00979. The standard InChI is InChI=1S/C19H17N3O4/c1-10-7-14(10)18(24)21-12-4-2-3-11(8-12)17(23)20-13-5-6-16-15(9-13)22-19(25)26-16/h2-6,8-10,14H,7H2,1H3,(H,20,23)(H,21,24)(H,22,25)/t10-,14-/m1/s1. The van der Waals surface area contributed by atoms with E-state index < -0.39 is 5.76 Å². The molecule has 0 unspecified atom stereocenters. The van der Waals surface area contributed by atoms with Gasteiger partial charge in [-0.05, 0) is 48.7 Å². The van der Waals surface area contributed by atoms with E-state index in [4.69, 9.17) is 4.42 Å². The summed E-state index contributed by atoms with van der Waals surface area (Å²) in [5, 5.41) is 5.62. The van der Waals surface area contributed by atoms with Gasteiger partial charge >= 0.3 is 5.76 Å². The van der Waals surface area contributed by atoms with E-state index in [2.05, 4.69) is 15.6 Å². The smallest absolute Gasteiger partial charge is 0.408 e. The molecule has 3 N–H and O–H groups in total. The molecule has 2 amide bonds. The Kier molecular flexibility index (Phi) is 3.84. The first-order valence-electron chi connectivity index (χ1n) is 8.35. The Morgan fingerprint density at radius 2 is 1.88 bits per heavy atom. The molecule has 7 nitrogen and oxygen atoms in total. The Morgan fingerprint density at radius 1 is 1.12 bits per heavy atom. The zero-order valence-electron chi connectivity index (χ0n) is 14.0. The summed E-state index contributed by atoms with van der Waals surface area (Å²) in [6.07, 6.45) is 0.907. The zero-order chi connectivity index (χ0) is 18.3. The number of aromatic nitrogens is 1. The molecule has 0 bridgehead atoms. The topological polar surface area (TPSA) is 104 Å². The van der Waals surface area contributed by atoms with Crippen LogP contribution in [0.3, 0.4) is 0 Å². The number of nitrogens with one attached hydrogen (secondary N) is 3. The minimum atomic E-state index is -0.545. The molecule has 1 aliphatic rings. The van der Waals surface area contributed by atoms with Crippen LogP contribution >= 0.6 is 0 Å². The molecule has 7 heteroatoms. The molecule has 2 atom stereocenters. The molecule has 3 aromatic rings. The Bertz CT molecular complexity index is 1070. The van der Waals surface area contributed by atoms with Crippen LogP contribution in [0.25, 0.3) is 11.1 Å². The highest BCUT2D eigenvalue weighted by atomic mass is 16.4. The molecule has 4 rings (SSSR count). The first-order chi connectivity index (χ1) is 12.5.